The number of cyclic esters (lactones) is 1. The SMILES string of the molecule is O=C(/C=C/c1ccccc1)C[C@H]1OC(=O)c2ccccc21. The molecule has 0 aliphatic carbocycles. The molecular formula is C18H14O3. The van der Waals surface area contributed by atoms with Crippen LogP contribution in [-0.4, -0.2) is 11.8 Å². The van der Waals surface area contributed by atoms with Crippen molar-refractivity contribution < 1.29 is 14.3 Å². The van der Waals surface area contributed by atoms with E-state index in [1.165, 1.54) is 6.08 Å². The van der Waals surface area contributed by atoms with Crippen molar-refractivity contribution in [2.75, 3.05) is 0 Å². The summed E-state index contributed by atoms with van der Waals surface area (Å²) in [7, 11) is 0. The van der Waals surface area contributed by atoms with Crippen molar-refractivity contribution in [2.24, 2.45) is 0 Å². The molecule has 2 aromatic rings. The number of carbonyl (C=O) groups excluding carboxylic acids is 2. The van der Waals surface area contributed by atoms with E-state index in [2.05, 4.69) is 0 Å². The molecule has 3 heteroatoms. The second-order valence-corrected chi connectivity index (χ2v) is 4.90. The lowest BCUT2D eigenvalue weighted by molar-refractivity contribution is -0.116. The summed E-state index contributed by atoms with van der Waals surface area (Å²) < 4.78 is 5.26. The molecule has 1 aliphatic heterocycles. The van der Waals surface area contributed by atoms with E-state index in [-0.39, 0.29) is 18.2 Å². The van der Waals surface area contributed by atoms with Gasteiger partial charge in [0.15, 0.2) is 5.78 Å². The van der Waals surface area contributed by atoms with Gasteiger partial charge in [-0.1, -0.05) is 54.6 Å². The van der Waals surface area contributed by atoms with Crippen LogP contribution in [0.3, 0.4) is 0 Å². The summed E-state index contributed by atoms with van der Waals surface area (Å²) in [4.78, 5) is 23.7. The molecule has 0 radical (unpaired) electrons. The maximum Gasteiger partial charge on any atom is 0.339 e. The average molecular weight is 278 g/mol. The number of rotatable bonds is 4. The molecule has 0 saturated carbocycles. The monoisotopic (exact) mass is 278 g/mol. The number of benzene rings is 2. The normalized spacial score (nSPS) is 16.8. The number of hydrogen-bond acceptors (Lipinski definition) is 3. The Labute approximate surface area is 122 Å². The minimum atomic E-state index is -0.471. The van der Waals surface area contributed by atoms with E-state index in [0.29, 0.717) is 5.56 Å². The lowest BCUT2D eigenvalue weighted by atomic mass is 10.0. The molecule has 1 atom stereocenters. The fourth-order valence-corrected chi connectivity index (χ4v) is 2.38. The maximum atomic E-state index is 12.0. The molecule has 0 fully saturated rings. The van der Waals surface area contributed by atoms with Crippen molar-refractivity contribution in [2.45, 2.75) is 12.5 Å². The van der Waals surface area contributed by atoms with Crippen LogP contribution in [0.2, 0.25) is 0 Å². The lowest BCUT2D eigenvalue weighted by Crippen LogP contribution is -2.04. The van der Waals surface area contributed by atoms with Gasteiger partial charge in [-0.05, 0) is 17.7 Å². The van der Waals surface area contributed by atoms with Gasteiger partial charge < -0.3 is 4.74 Å². The Morgan fingerprint density at radius 2 is 1.76 bits per heavy atom. The van der Waals surface area contributed by atoms with Crippen LogP contribution < -0.4 is 0 Å². The summed E-state index contributed by atoms with van der Waals surface area (Å²) in [6.45, 7) is 0. The fourth-order valence-electron chi connectivity index (χ4n) is 2.38. The molecule has 1 aliphatic rings. The molecular weight excluding hydrogens is 264 g/mol. The summed E-state index contributed by atoms with van der Waals surface area (Å²) in [6, 6.07) is 16.8. The van der Waals surface area contributed by atoms with Crippen LogP contribution in [0.25, 0.3) is 6.08 Å². The number of hydrogen-bond donors (Lipinski definition) is 0. The van der Waals surface area contributed by atoms with Gasteiger partial charge in [-0.25, -0.2) is 4.79 Å². The number of esters is 1. The summed E-state index contributed by atoms with van der Waals surface area (Å²) >= 11 is 0. The number of ketones is 1. The van der Waals surface area contributed by atoms with Crippen LogP contribution >= 0.6 is 0 Å². The first-order valence-electron chi connectivity index (χ1n) is 6.80. The standard InChI is InChI=1S/C18H14O3/c19-14(11-10-13-6-2-1-3-7-13)12-17-15-8-4-5-9-16(15)18(20)21-17/h1-11,17H,12H2/b11-10+/t17-/m1/s1. The van der Waals surface area contributed by atoms with Crippen molar-refractivity contribution in [1.29, 1.82) is 0 Å². The summed E-state index contributed by atoms with van der Waals surface area (Å²) in [6.07, 6.45) is 3.00. The van der Waals surface area contributed by atoms with Gasteiger partial charge in [-0.15, -0.1) is 0 Å². The Hall–Kier alpha value is -2.68. The molecule has 21 heavy (non-hydrogen) atoms. The number of allylic oxidation sites excluding steroid dienone is 1. The Bertz CT molecular complexity index is 701. The van der Waals surface area contributed by atoms with Crippen molar-refractivity contribution in [3.63, 3.8) is 0 Å². The third-order valence-electron chi connectivity index (χ3n) is 3.42. The molecule has 0 amide bonds. The fraction of sp³-hybridized carbons (Fsp3) is 0.111. The van der Waals surface area contributed by atoms with Crippen LogP contribution in [0.4, 0.5) is 0 Å². The van der Waals surface area contributed by atoms with Crippen molar-refractivity contribution in [3.8, 4) is 0 Å². The molecule has 0 unspecified atom stereocenters. The molecule has 104 valence electrons. The Kier molecular flexibility index (Phi) is 3.65. The molecule has 0 bridgehead atoms. The van der Waals surface area contributed by atoms with Crippen LogP contribution in [0.15, 0.2) is 60.7 Å². The zero-order valence-corrected chi connectivity index (χ0v) is 11.4. The van der Waals surface area contributed by atoms with E-state index >= 15 is 0 Å². The number of fused-ring (bicyclic) bond motifs is 1. The van der Waals surface area contributed by atoms with Crippen LogP contribution in [0.5, 0.6) is 0 Å². The minimum Gasteiger partial charge on any atom is -0.453 e. The number of carbonyl (C=O) groups is 2. The van der Waals surface area contributed by atoms with E-state index < -0.39 is 6.10 Å². The third-order valence-corrected chi connectivity index (χ3v) is 3.42. The lowest BCUT2D eigenvalue weighted by Gasteiger charge is -2.07. The van der Waals surface area contributed by atoms with E-state index in [1.54, 1.807) is 18.2 Å². The van der Waals surface area contributed by atoms with Crippen LogP contribution in [-0.2, 0) is 9.53 Å². The Morgan fingerprint density at radius 3 is 2.57 bits per heavy atom. The van der Waals surface area contributed by atoms with Gasteiger partial charge in [0.25, 0.3) is 0 Å². The highest BCUT2D eigenvalue weighted by molar-refractivity contribution is 5.97. The topological polar surface area (TPSA) is 43.4 Å². The van der Waals surface area contributed by atoms with Gasteiger partial charge in [0.05, 0.1) is 12.0 Å². The van der Waals surface area contributed by atoms with Crippen LogP contribution in [0, 0.1) is 0 Å². The smallest absolute Gasteiger partial charge is 0.339 e. The summed E-state index contributed by atoms with van der Waals surface area (Å²) in [5, 5.41) is 0. The highest BCUT2D eigenvalue weighted by atomic mass is 16.5. The second kappa shape index (κ2) is 5.75. The van der Waals surface area contributed by atoms with Gasteiger partial charge >= 0.3 is 5.97 Å². The van der Waals surface area contributed by atoms with Gasteiger partial charge in [0, 0.05) is 5.56 Å². The molecule has 3 rings (SSSR count). The predicted octanol–water partition coefficient (Wildman–Crippen LogP) is 3.57. The minimum absolute atomic E-state index is 0.0617. The van der Waals surface area contributed by atoms with Crippen molar-refractivity contribution >= 4 is 17.8 Å². The van der Waals surface area contributed by atoms with Gasteiger partial charge in [0.2, 0.25) is 0 Å². The van der Waals surface area contributed by atoms with Gasteiger partial charge in [-0.3, -0.25) is 4.79 Å². The third kappa shape index (κ3) is 2.92. The van der Waals surface area contributed by atoms with Gasteiger partial charge in [0.1, 0.15) is 6.10 Å². The summed E-state index contributed by atoms with van der Waals surface area (Å²) in [5.41, 5.74) is 2.32. The molecule has 3 nitrogen and oxygen atoms in total. The predicted molar refractivity (Wildman–Crippen MR) is 79.7 cm³/mol. The molecule has 0 N–H and O–H groups in total. The maximum absolute atomic E-state index is 12.0. The first-order valence-corrected chi connectivity index (χ1v) is 6.80. The first kappa shape index (κ1) is 13.3. The largest absolute Gasteiger partial charge is 0.453 e. The van der Waals surface area contributed by atoms with Crippen molar-refractivity contribution in [3.05, 3.63) is 77.4 Å². The van der Waals surface area contributed by atoms with E-state index in [4.69, 9.17) is 4.74 Å². The van der Waals surface area contributed by atoms with E-state index in [9.17, 15) is 9.59 Å². The second-order valence-electron chi connectivity index (χ2n) is 4.90. The quantitative estimate of drug-likeness (QED) is 0.634. The molecule has 0 aromatic heterocycles. The first-order chi connectivity index (χ1) is 10.2. The van der Waals surface area contributed by atoms with Crippen LogP contribution in [0.1, 0.15) is 34.0 Å². The Morgan fingerprint density at radius 1 is 1.05 bits per heavy atom. The zero-order chi connectivity index (χ0) is 14.7. The molecule has 2 aromatic carbocycles. The van der Waals surface area contributed by atoms with E-state index in [1.807, 2.05) is 42.5 Å². The molecule has 1 heterocycles. The molecule has 0 spiro atoms. The van der Waals surface area contributed by atoms with Gasteiger partial charge in [-0.2, -0.15) is 0 Å². The van der Waals surface area contributed by atoms with Crippen molar-refractivity contribution in [1.82, 2.24) is 0 Å². The number of ether oxygens (including phenoxy) is 1. The molecule has 0 saturated heterocycles. The summed E-state index contributed by atoms with van der Waals surface area (Å²) in [5.74, 6) is -0.413. The highest BCUT2D eigenvalue weighted by Gasteiger charge is 2.31. The highest BCUT2D eigenvalue weighted by Crippen LogP contribution is 2.32. The van der Waals surface area contributed by atoms with E-state index in [0.717, 1.165) is 11.1 Å². The zero-order valence-electron chi connectivity index (χ0n) is 11.4. The average Bonchev–Trinajstić information content (AvgIpc) is 2.83. The Balaban J connectivity index is 1.69.